The molecule has 35 heavy (non-hydrogen) atoms. The Morgan fingerprint density at radius 1 is 1.17 bits per heavy atom. The van der Waals surface area contributed by atoms with Gasteiger partial charge in [-0.25, -0.2) is 12.9 Å². The van der Waals surface area contributed by atoms with Crippen LogP contribution in [0.25, 0.3) is 0 Å². The van der Waals surface area contributed by atoms with Gasteiger partial charge in [0.15, 0.2) is 17.7 Å². The van der Waals surface area contributed by atoms with E-state index in [2.05, 4.69) is 5.32 Å². The van der Waals surface area contributed by atoms with Crippen molar-refractivity contribution in [1.82, 2.24) is 9.62 Å². The van der Waals surface area contributed by atoms with Gasteiger partial charge in [-0.1, -0.05) is 44.2 Å². The van der Waals surface area contributed by atoms with Gasteiger partial charge in [0.25, 0.3) is 12.4 Å². The Bertz CT molecular complexity index is 991. The van der Waals surface area contributed by atoms with Crippen LogP contribution in [-0.4, -0.2) is 64.4 Å². The third kappa shape index (κ3) is 8.72. The van der Waals surface area contributed by atoms with E-state index in [1.807, 2.05) is 44.2 Å². The van der Waals surface area contributed by atoms with E-state index < -0.39 is 41.0 Å². The smallest absolute Gasteiger partial charge is 0.293 e. The molecule has 0 radical (unpaired) electrons. The summed E-state index contributed by atoms with van der Waals surface area (Å²) in [7, 11) is -0.430. The van der Waals surface area contributed by atoms with Gasteiger partial charge in [-0.15, -0.1) is 0 Å². The number of amides is 1. The highest BCUT2D eigenvalue weighted by molar-refractivity contribution is 7.82. The van der Waals surface area contributed by atoms with Crippen LogP contribution in [0.2, 0.25) is 0 Å². The van der Waals surface area contributed by atoms with Gasteiger partial charge in [0, 0.05) is 13.1 Å². The second-order valence-corrected chi connectivity index (χ2v) is 10.0. The Kier molecular flexibility index (Phi) is 11.3. The van der Waals surface area contributed by atoms with Gasteiger partial charge in [-0.2, -0.15) is 0 Å². The number of nitrogens with one attached hydrogen (secondary N) is 1. The quantitative estimate of drug-likeness (QED) is 0.380. The Labute approximate surface area is 208 Å². The molecule has 2 aromatic carbocycles. The summed E-state index contributed by atoms with van der Waals surface area (Å²) in [6.45, 7) is 5.79. The van der Waals surface area contributed by atoms with Gasteiger partial charge in [-0.05, 0) is 43.0 Å². The molecular weight excluding hydrogens is 475 g/mol. The summed E-state index contributed by atoms with van der Waals surface area (Å²) >= 11 is 0. The number of rotatable bonds is 14. The van der Waals surface area contributed by atoms with Crippen molar-refractivity contribution in [2.45, 2.75) is 50.3 Å². The van der Waals surface area contributed by atoms with Crippen molar-refractivity contribution in [3.63, 3.8) is 0 Å². The van der Waals surface area contributed by atoms with Crippen molar-refractivity contribution in [3.8, 4) is 5.75 Å². The molecule has 0 aliphatic heterocycles. The monoisotopic (exact) mass is 508 g/mol. The summed E-state index contributed by atoms with van der Waals surface area (Å²) in [5, 5.41) is 13.9. The summed E-state index contributed by atoms with van der Waals surface area (Å²) in [5.41, 5.74) is 0.870. The Hall–Kier alpha value is -2.82. The van der Waals surface area contributed by atoms with Crippen LogP contribution in [0.5, 0.6) is 5.75 Å². The van der Waals surface area contributed by atoms with Crippen molar-refractivity contribution in [2.75, 3.05) is 20.2 Å². The summed E-state index contributed by atoms with van der Waals surface area (Å²) in [4.78, 5) is 23.4. The number of halogens is 1. The number of hydrogen-bond acceptors (Lipinski definition) is 6. The highest BCUT2D eigenvalue weighted by Crippen LogP contribution is 2.22. The topological polar surface area (TPSA) is 105 Å². The number of aliphatic hydroxyl groups is 1. The van der Waals surface area contributed by atoms with Gasteiger partial charge in [-0.3, -0.25) is 9.59 Å². The van der Waals surface area contributed by atoms with Crippen LogP contribution >= 0.6 is 0 Å². The molecule has 0 aromatic heterocycles. The maximum absolute atomic E-state index is 14.2. The molecule has 2 aromatic rings. The predicted molar refractivity (Wildman–Crippen MR) is 130 cm³/mol. The number of methoxy groups -OCH3 is 1. The van der Waals surface area contributed by atoms with Crippen LogP contribution in [0.3, 0.4) is 0 Å². The van der Waals surface area contributed by atoms with Gasteiger partial charge in [0.05, 0.1) is 24.2 Å². The lowest BCUT2D eigenvalue weighted by Gasteiger charge is -2.30. The SMILES string of the molecule is COc1ccc(S(=O)N(CC(C)C)CC(O)C(Cc2ccccc2)NC(=O)C(C)OC=O)cc1F. The average Bonchev–Trinajstić information content (AvgIpc) is 2.83. The van der Waals surface area contributed by atoms with E-state index >= 15 is 0 Å². The lowest BCUT2D eigenvalue weighted by atomic mass is 10.0. The molecule has 8 nitrogen and oxygen atoms in total. The number of nitrogens with zero attached hydrogens (tertiary/aromatic N) is 1. The molecule has 0 saturated heterocycles. The van der Waals surface area contributed by atoms with Crippen LogP contribution in [0.1, 0.15) is 26.3 Å². The number of benzene rings is 2. The molecule has 0 saturated carbocycles. The standard InChI is InChI=1S/C25H33FN2O6S/c1-17(2)14-28(35(32)20-10-11-24(33-4)21(26)13-20)15-23(30)22(12-19-8-6-5-7-9-19)27-25(31)18(3)34-16-29/h5-11,13,16-18,22-23,30H,12,14-15H2,1-4H3,(H,27,31). The fourth-order valence-corrected chi connectivity index (χ4v) is 4.86. The van der Waals surface area contributed by atoms with Crippen molar-refractivity contribution in [3.05, 3.63) is 59.9 Å². The molecule has 4 unspecified atom stereocenters. The van der Waals surface area contributed by atoms with E-state index in [-0.39, 0.29) is 29.6 Å². The maximum Gasteiger partial charge on any atom is 0.293 e. The highest BCUT2D eigenvalue weighted by atomic mass is 32.2. The normalized spacial score (nSPS) is 14.7. The van der Waals surface area contributed by atoms with Crippen LogP contribution < -0.4 is 10.1 Å². The molecule has 2 N–H and O–H groups in total. The fraction of sp³-hybridized carbons (Fsp3) is 0.440. The molecule has 0 aliphatic carbocycles. The first-order valence-corrected chi connectivity index (χ1v) is 12.4. The maximum atomic E-state index is 14.2. The number of aliphatic hydroxyl groups excluding tert-OH is 1. The number of carbonyl (C=O) groups is 2. The Morgan fingerprint density at radius 2 is 1.86 bits per heavy atom. The van der Waals surface area contributed by atoms with E-state index in [0.29, 0.717) is 13.0 Å². The molecule has 2 rings (SSSR count). The first kappa shape index (κ1) is 28.4. The fourth-order valence-electron chi connectivity index (χ4n) is 3.45. The van der Waals surface area contributed by atoms with E-state index in [4.69, 9.17) is 9.47 Å². The Balaban J connectivity index is 2.27. The lowest BCUT2D eigenvalue weighted by molar-refractivity contribution is -0.144. The summed E-state index contributed by atoms with van der Waals surface area (Å²) in [6, 6.07) is 12.6. The largest absolute Gasteiger partial charge is 0.494 e. The summed E-state index contributed by atoms with van der Waals surface area (Å²) < 4.78 is 38.8. The third-order valence-corrected chi connectivity index (χ3v) is 6.66. The highest BCUT2D eigenvalue weighted by Gasteiger charge is 2.29. The number of ether oxygens (including phenoxy) is 2. The molecule has 192 valence electrons. The third-order valence-electron chi connectivity index (χ3n) is 5.24. The van der Waals surface area contributed by atoms with Crippen LogP contribution in [0.15, 0.2) is 53.4 Å². The van der Waals surface area contributed by atoms with Gasteiger partial charge >= 0.3 is 0 Å². The van der Waals surface area contributed by atoms with Gasteiger partial charge in [0.2, 0.25) is 0 Å². The summed E-state index contributed by atoms with van der Waals surface area (Å²) in [6.07, 6.45) is -1.88. The van der Waals surface area contributed by atoms with Crippen molar-refractivity contribution < 1.29 is 32.8 Å². The molecule has 0 heterocycles. The minimum atomic E-state index is -1.78. The van der Waals surface area contributed by atoms with Crippen molar-refractivity contribution in [1.29, 1.82) is 0 Å². The van der Waals surface area contributed by atoms with E-state index in [1.54, 1.807) is 4.31 Å². The number of carbonyl (C=O) groups excluding carboxylic acids is 2. The summed E-state index contributed by atoms with van der Waals surface area (Å²) in [5.74, 6) is -1.07. The van der Waals surface area contributed by atoms with E-state index in [0.717, 1.165) is 11.6 Å². The average molecular weight is 509 g/mol. The van der Waals surface area contributed by atoms with E-state index in [1.165, 1.54) is 26.2 Å². The zero-order chi connectivity index (χ0) is 26.0. The van der Waals surface area contributed by atoms with Crippen molar-refractivity contribution in [2.24, 2.45) is 5.92 Å². The Morgan fingerprint density at radius 3 is 2.43 bits per heavy atom. The molecule has 10 heteroatoms. The lowest BCUT2D eigenvalue weighted by Crippen LogP contribution is -2.52. The van der Waals surface area contributed by atoms with E-state index in [9.17, 15) is 23.3 Å². The molecule has 0 bridgehead atoms. The molecule has 0 spiro atoms. The molecule has 0 aliphatic rings. The second kappa shape index (κ2) is 13.9. The minimum Gasteiger partial charge on any atom is -0.494 e. The zero-order valence-corrected chi connectivity index (χ0v) is 21.2. The van der Waals surface area contributed by atoms with Crippen LogP contribution in [0, 0.1) is 11.7 Å². The van der Waals surface area contributed by atoms with Crippen LogP contribution in [-0.2, 0) is 31.7 Å². The molecule has 1 amide bonds. The van der Waals surface area contributed by atoms with Crippen molar-refractivity contribution >= 4 is 23.4 Å². The molecule has 4 atom stereocenters. The zero-order valence-electron chi connectivity index (χ0n) is 20.3. The molecular formula is C25H33FN2O6S. The van der Waals surface area contributed by atoms with Crippen LogP contribution in [0.4, 0.5) is 4.39 Å². The van der Waals surface area contributed by atoms with Gasteiger partial charge < -0.3 is 19.9 Å². The first-order chi connectivity index (χ1) is 16.7. The second-order valence-electron chi connectivity index (χ2n) is 8.53. The molecule has 0 fully saturated rings. The minimum absolute atomic E-state index is 0.0403. The first-order valence-electron chi connectivity index (χ1n) is 11.3. The predicted octanol–water partition coefficient (Wildman–Crippen LogP) is 2.46. The number of hydrogen-bond donors (Lipinski definition) is 2. The van der Waals surface area contributed by atoms with Gasteiger partial charge in [0.1, 0.15) is 11.0 Å².